The highest BCUT2D eigenvalue weighted by atomic mass is 16.5. The summed E-state index contributed by atoms with van der Waals surface area (Å²) < 4.78 is 10.9. The van der Waals surface area contributed by atoms with Gasteiger partial charge in [-0.2, -0.15) is 5.26 Å². The van der Waals surface area contributed by atoms with Crippen LogP contribution in [-0.4, -0.2) is 19.8 Å². The topological polar surface area (TPSA) is 68.3 Å². The summed E-state index contributed by atoms with van der Waals surface area (Å²) in [7, 11) is 0. The summed E-state index contributed by atoms with van der Waals surface area (Å²) in [6.45, 7) is 2.15. The van der Waals surface area contributed by atoms with Crippen LogP contribution in [0.3, 0.4) is 0 Å². The van der Waals surface area contributed by atoms with Gasteiger partial charge >= 0.3 is 0 Å². The van der Waals surface area contributed by atoms with E-state index < -0.39 is 0 Å². The monoisotopic (exact) mass is 218 g/mol. The molecule has 0 saturated carbocycles. The molecule has 0 spiro atoms. The van der Waals surface area contributed by atoms with Crippen molar-refractivity contribution in [3.63, 3.8) is 0 Å². The molecule has 1 atom stereocenters. The van der Waals surface area contributed by atoms with Crippen molar-refractivity contribution < 1.29 is 9.47 Å². The Hall–Kier alpha value is -1.73. The minimum absolute atomic E-state index is 0.420. The summed E-state index contributed by atoms with van der Waals surface area (Å²) in [6, 6.07) is 7.27. The molecule has 1 fully saturated rings. The van der Waals surface area contributed by atoms with Crippen LogP contribution in [0.5, 0.6) is 5.75 Å². The molecule has 1 aliphatic rings. The molecule has 4 nitrogen and oxygen atoms in total. The molecule has 0 aliphatic carbocycles. The van der Waals surface area contributed by atoms with Crippen molar-refractivity contribution in [3.8, 4) is 11.8 Å². The van der Waals surface area contributed by atoms with Crippen LogP contribution in [0.15, 0.2) is 18.2 Å². The standard InChI is InChI=1S/C12H14N2O2/c13-6-10-2-1-3-11(12(10)14)16-8-9-4-5-15-7-9/h1-3,9H,4-5,7-8,14H2. The number of hydrogen-bond acceptors (Lipinski definition) is 4. The predicted molar refractivity (Wildman–Crippen MR) is 60.0 cm³/mol. The molecule has 1 saturated heterocycles. The number of hydrogen-bond donors (Lipinski definition) is 1. The minimum atomic E-state index is 0.420. The molecule has 0 amide bonds. The second kappa shape index (κ2) is 4.86. The van der Waals surface area contributed by atoms with E-state index in [1.807, 2.05) is 6.07 Å². The van der Waals surface area contributed by atoms with Gasteiger partial charge in [0.15, 0.2) is 0 Å². The largest absolute Gasteiger partial charge is 0.491 e. The first-order valence-electron chi connectivity index (χ1n) is 5.30. The third-order valence-electron chi connectivity index (χ3n) is 2.69. The average molecular weight is 218 g/mol. The molecule has 0 radical (unpaired) electrons. The second-order valence-electron chi connectivity index (χ2n) is 3.87. The van der Waals surface area contributed by atoms with Crippen molar-refractivity contribution in [2.75, 3.05) is 25.6 Å². The first-order chi connectivity index (χ1) is 7.81. The lowest BCUT2D eigenvalue weighted by Gasteiger charge is -2.12. The third-order valence-corrected chi connectivity index (χ3v) is 2.69. The van der Waals surface area contributed by atoms with Gasteiger partial charge in [0.1, 0.15) is 11.8 Å². The van der Waals surface area contributed by atoms with Crippen molar-refractivity contribution in [1.82, 2.24) is 0 Å². The van der Waals surface area contributed by atoms with Gasteiger partial charge in [-0.05, 0) is 18.6 Å². The maximum atomic E-state index is 8.82. The molecule has 1 unspecified atom stereocenters. The van der Waals surface area contributed by atoms with E-state index in [9.17, 15) is 0 Å². The van der Waals surface area contributed by atoms with Crippen LogP contribution >= 0.6 is 0 Å². The van der Waals surface area contributed by atoms with Crippen molar-refractivity contribution in [2.24, 2.45) is 5.92 Å². The van der Waals surface area contributed by atoms with Gasteiger partial charge in [-0.25, -0.2) is 0 Å². The van der Waals surface area contributed by atoms with Gasteiger partial charge in [-0.3, -0.25) is 0 Å². The molecular weight excluding hydrogens is 204 g/mol. The SMILES string of the molecule is N#Cc1cccc(OCC2CCOC2)c1N. The van der Waals surface area contributed by atoms with Crippen molar-refractivity contribution in [3.05, 3.63) is 23.8 Å². The van der Waals surface area contributed by atoms with Crippen LogP contribution in [0, 0.1) is 17.2 Å². The molecule has 2 N–H and O–H groups in total. The number of nitrogens with two attached hydrogens (primary N) is 1. The van der Waals surface area contributed by atoms with E-state index in [4.69, 9.17) is 20.5 Å². The molecule has 1 aromatic rings. The lowest BCUT2D eigenvalue weighted by molar-refractivity contribution is 0.167. The summed E-state index contributed by atoms with van der Waals surface area (Å²) in [5.74, 6) is 1.02. The average Bonchev–Trinajstić information content (AvgIpc) is 2.81. The summed E-state index contributed by atoms with van der Waals surface area (Å²) >= 11 is 0. The zero-order valence-electron chi connectivity index (χ0n) is 8.98. The Balaban J connectivity index is 2.01. The summed E-state index contributed by atoms with van der Waals surface area (Å²) in [4.78, 5) is 0. The van der Waals surface area contributed by atoms with E-state index in [0.29, 0.717) is 29.5 Å². The molecular formula is C12H14N2O2. The van der Waals surface area contributed by atoms with E-state index in [1.165, 1.54) is 0 Å². The first kappa shape index (κ1) is 10.8. The van der Waals surface area contributed by atoms with Gasteiger partial charge in [0.2, 0.25) is 0 Å². The molecule has 16 heavy (non-hydrogen) atoms. The lowest BCUT2D eigenvalue weighted by Crippen LogP contribution is -2.12. The second-order valence-corrected chi connectivity index (χ2v) is 3.87. The molecule has 1 aromatic carbocycles. The molecule has 1 heterocycles. The predicted octanol–water partition coefficient (Wildman–Crippen LogP) is 1.56. The van der Waals surface area contributed by atoms with Crippen molar-refractivity contribution in [2.45, 2.75) is 6.42 Å². The number of nitrogens with zero attached hydrogens (tertiary/aromatic N) is 1. The zero-order valence-corrected chi connectivity index (χ0v) is 8.98. The van der Waals surface area contributed by atoms with Gasteiger partial charge in [-0.1, -0.05) is 6.07 Å². The van der Waals surface area contributed by atoms with E-state index in [-0.39, 0.29) is 0 Å². The van der Waals surface area contributed by atoms with Crippen LogP contribution in [0.4, 0.5) is 5.69 Å². The summed E-state index contributed by atoms with van der Waals surface area (Å²) in [5.41, 5.74) is 6.68. The zero-order chi connectivity index (χ0) is 11.4. The fourth-order valence-electron chi connectivity index (χ4n) is 1.69. The molecule has 1 aliphatic heterocycles. The normalized spacial score (nSPS) is 19.3. The number of benzene rings is 1. The van der Waals surface area contributed by atoms with E-state index in [1.54, 1.807) is 18.2 Å². The Morgan fingerprint density at radius 1 is 1.56 bits per heavy atom. The molecule has 0 aromatic heterocycles. The fourth-order valence-corrected chi connectivity index (χ4v) is 1.69. The molecule has 4 heteroatoms. The number of anilines is 1. The van der Waals surface area contributed by atoms with Crippen LogP contribution in [0.2, 0.25) is 0 Å². The first-order valence-corrected chi connectivity index (χ1v) is 5.30. The van der Waals surface area contributed by atoms with Crippen LogP contribution < -0.4 is 10.5 Å². The maximum absolute atomic E-state index is 8.82. The van der Waals surface area contributed by atoms with Crippen LogP contribution in [0.1, 0.15) is 12.0 Å². The Kier molecular flexibility index (Phi) is 3.28. The Morgan fingerprint density at radius 3 is 3.12 bits per heavy atom. The smallest absolute Gasteiger partial charge is 0.143 e. The van der Waals surface area contributed by atoms with Gasteiger partial charge < -0.3 is 15.2 Å². The summed E-state index contributed by atoms with van der Waals surface area (Å²) in [6.07, 6.45) is 1.03. The van der Waals surface area contributed by atoms with Gasteiger partial charge in [0.05, 0.1) is 24.5 Å². The van der Waals surface area contributed by atoms with Gasteiger partial charge in [0.25, 0.3) is 0 Å². The number of nitriles is 1. The summed E-state index contributed by atoms with van der Waals surface area (Å²) in [5, 5.41) is 8.82. The minimum Gasteiger partial charge on any atom is -0.491 e. The van der Waals surface area contributed by atoms with E-state index in [2.05, 4.69) is 0 Å². The Labute approximate surface area is 94.6 Å². The number of nitrogen functional groups attached to an aromatic ring is 1. The van der Waals surface area contributed by atoms with Crippen molar-refractivity contribution >= 4 is 5.69 Å². The van der Waals surface area contributed by atoms with Gasteiger partial charge in [0, 0.05) is 12.5 Å². The van der Waals surface area contributed by atoms with E-state index in [0.717, 1.165) is 19.6 Å². The molecule has 84 valence electrons. The van der Waals surface area contributed by atoms with Gasteiger partial charge in [-0.15, -0.1) is 0 Å². The number of para-hydroxylation sites is 1. The third kappa shape index (κ3) is 2.26. The number of ether oxygens (including phenoxy) is 2. The quantitative estimate of drug-likeness (QED) is 0.781. The maximum Gasteiger partial charge on any atom is 0.143 e. The van der Waals surface area contributed by atoms with Crippen LogP contribution in [-0.2, 0) is 4.74 Å². The van der Waals surface area contributed by atoms with E-state index >= 15 is 0 Å². The molecule has 2 rings (SSSR count). The highest BCUT2D eigenvalue weighted by Crippen LogP contribution is 2.25. The molecule has 0 bridgehead atoms. The Bertz CT molecular complexity index is 406. The fraction of sp³-hybridized carbons (Fsp3) is 0.417. The van der Waals surface area contributed by atoms with Crippen molar-refractivity contribution in [1.29, 1.82) is 5.26 Å². The lowest BCUT2D eigenvalue weighted by atomic mass is 10.1. The number of rotatable bonds is 3. The van der Waals surface area contributed by atoms with Crippen LogP contribution in [0.25, 0.3) is 0 Å². The highest BCUT2D eigenvalue weighted by Gasteiger charge is 2.17. The highest BCUT2D eigenvalue weighted by molar-refractivity contribution is 5.62. The Morgan fingerprint density at radius 2 is 2.44 bits per heavy atom.